The van der Waals surface area contributed by atoms with Crippen LogP contribution in [0.4, 0.5) is 4.39 Å². The van der Waals surface area contributed by atoms with Gasteiger partial charge in [-0.05, 0) is 62.1 Å². The van der Waals surface area contributed by atoms with Crippen LogP contribution in [-0.4, -0.2) is 45.5 Å². The topological polar surface area (TPSA) is 75.7 Å². The van der Waals surface area contributed by atoms with Crippen molar-refractivity contribution in [1.29, 1.82) is 0 Å². The Morgan fingerprint density at radius 2 is 1.79 bits per heavy atom. The molecular weight excluding hydrogens is 395 g/mol. The standard InChI is InChI=1S/C21H25FN2O4S/c1-2-28-17-7-9-18(10-8-17)29(26,27)23-15-16-11-13-24(14-12-16)21(25)19-5-3-4-6-20(19)22/h3-10,16,23H,2,11-15H2,1H3. The minimum atomic E-state index is -3.61. The smallest absolute Gasteiger partial charge is 0.256 e. The van der Waals surface area contributed by atoms with Crippen molar-refractivity contribution >= 4 is 15.9 Å². The third-order valence-electron chi connectivity index (χ3n) is 5.01. The van der Waals surface area contributed by atoms with Crippen LogP contribution in [0.15, 0.2) is 53.4 Å². The van der Waals surface area contributed by atoms with Crippen molar-refractivity contribution in [2.45, 2.75) is 24.7 Å². The van der Waals surface area contributed by atoms with Crippen molar-refractivity contribution in [1.82, 2.24) is 9.62 Å². The minimum absolute atomic E-state index is 0.0714. The second kappa shape index (κ2) is 9.37. The summed E-state index contributed by atoms with van der Waals surface area (Å²) < 4.78 is 46.8. The lowest BCUT2D eigenvalue weighted by Gasteiger charge is -2.32. The molecule has 8 heteroatoms. The number of sulfonamides is 1. The number of ether oxygens (including phenoxy) is 1. The normalized spacial score (nSPS) is 15.3. The zero-order valence-corrected chi connectivity index (χ0v) is 17.1. The molecule has 0 spiro atoms. The molecule has 0 aliphatic carbocycles. The Morgan fingerprint density at radius 1 is 1.14 bits per heavy atom. The van der Waals surface area contributed by atoms with Crippen LogP contribution in [0, 0.1) is 11.7 Å². The molecule has 2 aromatic rings. The van der Waals surface area contributed by atoms with Crippen LogP contribution in [0.2, 0.25) is 0 Å². The van der Waals surface area contributed by atoms with Crippen LogP contribution in [-0.2, 0) is 10.0 Å². The van der Waals surface area contributed by atoms with Gasteiger partial charge in [-0.3, -0.25) is 4.79 Å². The Bertz CT molecular complexity index is 939. The Labute approximate surface area is 170 Å². The van der Waals surface area contributed by atoms with Gasteiger partial charge in [0.2, 0.25) is 10.0 Å². The van der Waals surface area contributed by atoms with E-state index in [0.29, 0.717) is 44.8 Å². The van der Waals surface area contributed by atoms with E-state index in [-0.39, 0.29) is 22.3 Å². The number of nitrogens with zero attached hydrogens (tertiary/aromatic N) is 1. The van der Waals surface area contributed by atoms with Crippen molar-refractivity contribution in [3.63, 3.8) is 0 Å². The number of halogens is 1. The van der Waals surface area contributed by atoms with Crippen molar-refractivity contribution in [2.24, 2.45) is 5.92 Å². The molecule has 0 saturated carbocycles. The Morgan fingerprint density at radius 3 is 2.41 bits per heavy atom. The summed E-state index contributed by atoms with van der Waals surface area (Å²) in [5.41, 5.74) is 0.0714. The zero-order valence-electron chi connectivity index (χ0n) is 16.3. The predicted octanol–water partition coefficient (Wildman–Crippen LogP) is 3.06. The first-order chi connectivity index (χ1) is 13.9. The maximum atomic E-state index is 13.8. The van der Waals surface area contributed by atoms with Crippen molar-refractivity contribution in [3.8, 4) is 5.75 Å². The summed E-state index contributed by atoms with van der Waals surface area (Å²) in [6.45, 7) is 3.63. The van der Waals surface area contributed by atoms with E-state index in [1.807, 2.05) is 6.92 Å². The number of carbonyl (C=O) groups excluding carboxylic acids is 1. The van der Waals surface area contributed by atoms with Crippen molar-refractivity contribution < 1.29 is 22.3 Å². The second-order valence-corrected chi connectivity index (χ2v) is 8.74. The molecule has 1 heterocycles. The van der Waals surface area contributed by atoms with Gasteiger partial charge in [-0.15, -0.1) is 0 Å². The largest absolute Gasteiger partial charge is 0.494 e. The molecule has 0 atom stereocenters. The number of benzene rings is 2. The van der Waals surface area contributed by atoms with Crippen LogP contribution in [0.1, 0.15) is 30.1 Å². The predicted molar refractivity (Wildman–Crippen MR) is 108 cm³/mol. The maximum Gasteiger partial charge on any atom is 0.256 e. The molecule has 1 N–H and O–H groups in total. The quantitative estimate of drug-likeness (QED) is 0.747. The average Bonchev–Trinajstić information content (AvgIpc) is 2.73. The number of rotatable bonds is 7. The molecule has 1 amide bonds. The molecule has 1 saturated heterocycles. The first kappa shape index (κ1) is 21.3. The van der Waals surface area contributed by atoms with E-state index in [2.05, 4.69) is 4.72 Å². The fourth-order valence-corrected chi connectivity index (χ4v) is 4.45. The van der Waals surface area contributed by atoms with Crippen molar-refractivity contribution in [3.05, 3.63) is 59.9 Å². The third-order valence-corrected chi connectivity index (χ3v) is 6.45. The number of piperidine rings is 1. The molecule has 6 nitrogen and oxygen atoms in total. The highest BCUT2D eigenvalue weighted by atomic mass is 32.2. The zero-order chi connectivity index (χ0) is 20.9. The van der Waals surface area contributed by atoms with Gasteiger partial charge in [0, 0.05) is 19.6 Å². The SMILES string of the molecule is CCOc1ccc(S(=O)(=O)NCC2CCN(C(=O)c3ccccc3F)CC2)cc1. The van der Waals surface area contributed by atoms with Gasteiger partial charge in [0.05, 0.1) is 17.1 Å². The molecule has 1 aliphatic rings. The van der Waals surface area contributed by atoms with Gasteiger partial charge < -0.3 is 9.64 Å². The van der Waals surface area contributed by atoms with Crippen LogP contribution in [0.5, 0.6) is 5.75 Å². The van der Waals surface area contributed by atoms with Gasteiger partial charge >= 0.3 is 0 Å². The highest BCUT2D eigenvalue weighted by Gasteiger charge is 2.26. The van der Waals surface area contributed by atoms with E-state index in [1.54, 1.807) is 29.2 Å². The second-order valence-electron chi connectivity index (χ2n) is 6.97. The van der Waals surface area contributed by atoms with Crippen LogP contribution in [0.3, 0.4) is 0 Å². The summed E-state index contributed by atoms with van der Waals surface area (Å²) in [4.78, 5) is 14.3. The summed E-state index contributed by atoms with van der Waals surface area (Å²) in [5, 5.41) is 0. The molecule has 0 unspecified atom stereocenters. The fraction of sp³-hybridized carbons (Fsp3) is 0.381. The van der Waals surface area contributed by atoms with E-state index in [1.165, 1.54) is 24.3 Å². The van der Waals surface area contributed by atoms with E-state index < -0.39 is 15.8 Å². The Balaban J connectivity index is 1.51. The van der Waals surface area contributed by atoms with Crippen molar-refractivity contribution in [2.75, 3.05) is 26.2 Å². The highest BCUT2D eigenvalue weighted by Crippen LogP contribution is 2.21. The third kappa shape index (κ3) is 5.33. The summed E-state index contributed by atoms with van der Waals surface area (Å²) in [6.07, 6.45) is 1.32. The molecule has 156 valence electrons. The molecule has 3 rings (SSSR count). The molecule has 0 aromatic heterocycles. The maximum absolute atomic E-state index is 13.8. The highest BCUT2D eigenvalue weighted by molar-refractivity contribution is 7.89. The molecular formula is C21H25FN2O4S. The van der Waals surface area contributed by atoms with Gasteiger partial charge in [0.15, 0.2) is 0 Å². The molecule has 1 aliphatic heterocycles. The van der Waals surface area contributed by atoms with Crippen LogP contribution < -0.4 is 9.46 Å². The van der Waals surface area contributed by atoms with Gasteiger partial charge in [-0.2, -0.15) is 0 Å². The Kier molecular flexibility index (Phi) is 6.87. The van der Waals surface area contributed by atoms with E-state index >= 15 is 0 Å². The van der Waals surface area contributed by atoms with E-state index in [4.69, 9.17) is 4.74 Å². The average molecular weight is 421 g/mol. The minimum Gasteiger partial charge on any atom is -0.494 e. The monoisotopic (exact) mass is 420 g/mol. The van der Waals surface area contributed by atoms with E-state index in [0.717, 1.165) is 0 Å². The number of hydrogen-bond acceptors (Lipinski definition) is 4. The number of nitrogens with one attached hydrogen (secondary N) is 1. The molecule has 0 bridgehead atoms. The number of likely N-dealkylation sites (tertiary alicyclic amines) is 1. The molecule has 1 fully saturated rings. The van der Waals surface area contributed by atoms with Gasteiger partial charge in [0.1, 0.15) is 11.6 Å². The lowest BCUT2D eigenvalue weighted by Crippen LogP contribution is -2.41. The van der Waals surface area contributed by atoms with Gasteiger partial charge in [0.25, 0.3) is 5.91 Å². The van der Waals surface area contributed by atoms with Crippen LogP contribution in [0.25, 0.3) is 0 Å². The fourth-order valence-electron chi connectivity index (χ4n) is 3.34. The van der Waals surface area contributed by atoms with Crippen LogP contribution >= 0.6 is 0 Å². The summed E-state index contributed by atoms with van der Waals surface area (Å²) in [6, 6.07) is 12.2. The lowest BCUT2D eigenvalue weighted by molar-refractivity contribution is 0.0687. The summed E-state index contributed by atoms with van der Waals surface area (Å²) in [7, 11) is -3.61. The molecule has 2 aromatic carbocycles. The summed E-state index contributed by atoms with van der Waals surface area (Å²) >= 11 is 0. The van der Waals surface area contributed by atoms with E-state index in [9.17, 15) is 17.6 Å². The number of carbonyl (C=O) groups is 1. The summed E-state index contributed by atoms with van der Waals surface area (Å²) in [5.74, 6) is -0.102. The Hall–Kier alpha value is -2.45. The number of hydrogen-bond donors (Lipinski definition) is 1. The first-order valence-electron chi connectivity index (χ1n) is 9.67. The number of amides is 1. The molecule has 0 radical (unpaired) electrons. The first-order valence-corrected chi connectivity index (χ1v) is 11.2. The lowest BCUT2D eigenvalue weighted by atomic mass is 9.96. The molecule has 29 heavy (non-hydrogen) atoms. The van der Waals surface area contributed by atoms with Gasteiger partial charge in [-0.25, -0.2) is 17.5 Å². The van der Waals surface area contributed by atoms with Gasteiger partial charge in [-0.1, -0.05) is 12.1 Å².